The van der Waals surface area contributed by atoms with Crippen molar-refractivity contribution in [1.29, 1.82) is 0 Å². The number of carbonyl (C=O) groups is 1. The zero-order valence-electron chi connectivity index (χ0n) is 13.9. The van der Waals surface area contributed by atoms with Gasteiger partial charge in [0.05, 0.1) is 15.1 Å². The lowest BCUT2D eigenvalue weighted by Crippen LogP contribution is -2.16. The van der Waals surface area contributed by atoms with Gasteiger partial charge >= 0.3 is 0 Å². The zero-order chi connectivity index (χ0) is 18.0. The summed E-state index contributed by atoms with van der Waals surface area (Å²) in [7, 11) is 0. The maximum Gasteiger partial charge on any atom is 0.279 e. The maximum absolute atomic E-state index is 12.5. The van der Waals surface area contributed by atoms with E-state index >= 15 is 0 Å². The monoisotopic (exact) mass is 355 g/mol. The Hall–Kier alpha value is -2.80. The van der Waals surface area contributed by atoms with Crippen molar-refractivity contribution >= 4 is 33.1 Å². The number of hydrogen-bond acceptors (Lipinski definition) is 4. The Morgan fingerprint density at radius 3 is 2.52 bits per heavy atom. The molecule has 2 aromatic carbocycles. The lowest BCUT2D eigenvalue weighted by Gasteiger charge is -2.05. The van der Waals surface area contributed by atoms with Crippen molar-refractivity contribution < 1.29 is 9.72 Å². The molecule has 0 atom stereocenters. The number of fused-ring (bicyclic) bond motifs is 1. The molecule has 0 saturated heterocycles. The van der Waals surface area contributed by atoms with E-state index in [0.29, 0.717) is 16.9 Å². The Labute approximate surface area is 148 Å². The first-order chi connectivity index (χ1) is 12.0. The zero-order valence-corrected chi connectivity index (χ0v) is 14.7. The molecular weight excluding hydrogens is 338 g/mol. The highest BCUT2D eigenvalue weighted by molar-refractivity contribution is 7.16. The molecule has 1 amide bonds. The summed E-state index contributed by atoms with van der Waals surface area (Å²) in [4.78, 5) is 27.6. The fraction of sp³-hybridized carbons (Fsp3) is 0.222. The van der Waals surface area contributed by atoms with E-state index in [9.17, 15) is 14.9 Å². The van der Waals surface area contributed by atoms with E-state index in [1.54, 1.807) is 0 Å². The first kappa shape index (κ1) is 17.0. The second-order valence-corrected chi connectivity index (χ2v) is 6.48. The van der Waals surface area contributed by atoms with E-state index in [1.165, 1.54) is 41.2 Å². The molecule has 6 nitrogen and oxygen atoms in total. The van der Waals surface area contributed by atoms with Crippen molar-refractivity contribution in [2.75, 3.05) is 0 Å². The average molecular weight is 355 g/mol. The van der Waals surface area contributed by atoms with Gasteiger partial charge in [0.2, 0.25) is 0 Å². The van der Waals surface area contributed by atoms with Crippen molar-refractivity contribution in [1.82, 2.24) is 4.57 Å². The van der Waals surface area contributed by atoms with Crippen molar-refractivity contribution in [3.05, 3.63) is 68.5 Å². The predicted molar refractivity (Wildman–Crippen MR) is 97.9 cm³/mol. The minimum Gasteiger partial charge on any atom is -0.316 e. The van der Waals surface area contributed by atoms with Crippen molar-refractivity contribution in [2.24, 2.45) is 4.99 Å². The second-order valence-electron chi connectivity index (χ2n) is 5.47. The number of carbonyl (C=O) groups excluding carboxylic acids is 1. The predicted octanol–water partition coefficient (Wildman–Crippen LogP) is 3.93. The second kappa shape index (κ2) is 6.98. The Morgan fingerprint density at radius 2 is 1.92 bits per heavy atom. The number of aromatic nitrogens is 1. The fourth-order valence-corrected chi connectivity index (χ4v) is 3.88. The average Bonchev–Trinajstić information content (AvgIpc) is 2.98. The maximum atomic E-state index is 12.5. The molecule has 7 heteroatoms. The van der Waals surface area contributed by atoms with Gasteiger partial charge < -0.3 is 4.57 Å². The van der Waals surface area contributed by atoms with Crippen LogP contribution in [0.2, 0.25) is 0 Å². The third kappa shape index (κ3) is 3.23. The molecule has 0 spiro atoms. The van der Waals surface area contributed by atoms with Crippen LogP contribution in [0.25, 0.3) is 10.2 Å². The molecule has 0 unspecified atom stereocenters. The fourth-order valence-electron chi connectivity index (χ4n) is 2.74. The molecule has 0 radical (unpaired) electrons. The van der Waals surface area contributed by atoms with E-state index in [0.717, 1.165) is 16.6 Å². The lowest BCUT2D eigenvalue weighted by atomic mass is 10.1. The topological polar surface area (TPSA) is 77.5 Å². The number of hydrogen-bond donors (Lipinski definition) is 0. The van der Waals surface area contributed by atoms with E-state index in [2.05, 4.69) is 18.0 Å². The summed E-state index contributed by atoms with van der Waals surface area (Å²) in [5.41, 5.74) is 2.63. The Balaban J connectivity index is 2.08. The molecular formula is C18H17N3O3S. The molecule has 0 aliphatic carbocycles. The number of benzene rings is 2. The van der Waals surface area contributed by atoms with Crippen molar-refractivity contribution in [2.45, 2.75) is 26.8 Å². The highest BCUT2D eigenvalue weighted by atomic mass is 32.1. The third-order valence-electron chi connectivity index (χ3n) is 4.00. The van der Waals surface area contributed by atoms with Crippen LogP contribution >= 0.6 is 11.3 Å². The third-order valence-corrected chi connectivity index (χ3v) is 5.05. The summed E-state index contributed by atoms with van der Waals surface area (Å²) in [6.07, 6.45) is 0.907. The van der Waals surface area contributed by atoms with E-state index in [4.69, 9.17) is 0 Å². The standard InChI is InChI=1S/C18H17N3O3S/c1-3-12-6-5-7-15-16(12)20(4-2)18(25-15)19-17(22)13-8-10-14(11-9-13)21(23)24/h5-11H,3-4H2,1-2H3. The van der Waals surface area contributed by atoms with E-state index < -0.39 is 10.8 Å². The molecule has 1 heterocycles. The van der Waals surface area contributed by atoms with Crippen LogP contribution in [0, 0.1) is 10.1 Å². The number of aryl methyl sites for hydroxylation is 2. The minimum absolute atomic E-state index is 0.0466. The minimum atomic E-state index is -0.491. The van der Waals surface area contributed by atoms with E-state index in [-0.39, 0.29) is 5.69 Å². The van der Waals surface area contributed by atoms with Gasteiger partial charge in [-0.1, -0.05) is 30.4 Å². The van der Waals surface area contributed by atoms with Gasteiger partial charge in [-0.3, -0.25) is 14.9 Å². The molecule has 0 N–H and O–H groups in total. The van der Waals surface area contributed by atoms with Crippen molar-refractivity contribution in [3.63, 3.8) is 0 Å². The van der Waals surface area contributed by atoms with Gasteiger partial charge in [0.15, 0.2) is 4.80 Å². The van der Waals surface area contributed by atoms with Crippen molar-refractivity contribution in [3.8, 4) is 0 Å². The van der Waals surface area contributed by atoms with Gasteiger partial charge in [-0.2, -0.15) is 4.99 Å². The summed E-state index contributed by atoms with van der Waals surface area (Å²) < 4.78 is 3.14. The molecule has 0 saturated carbocycles. The molecule has 25 heavy (non-hydrogen) atoms. The number of nitrogens with zero attached hydrogens (tertiary/aromatic N) is 3. The summed E-state index contributed by atoms with van der Waals surface area (Å²) >= 11 is 1.48. The first-order valence-electron chi connectivity index (χ1n) is 7.99. The number of nitro benzene ring substituents is 1. The van der Waals surface area contributed by atoms with Gasteiger partial charge in [0.1, 0.15) is 0 Å². The highest BCUT2D eigenvalue weighted by Gasteiger charge is 2.12. The number of rotatable bonds is 4. The lowest BCUT2D eigenvalue weighted by molar-refractivity contribution is -0.384. The molecule has 0 bridgehead atoms. The Bertz CT molecular complexity index is 1020. The summed E-state index contributed by atoms with van der Waals surface area (Å²) in [5.74, 6) is -0.401. The molecule has 0 aliphatic rings. The Morgan fingerprint density at radius 1 is 1.20 bits per heavy atom. The SMILES string of the molecule is CCc1cccc2sc(=NC(=O)c3ccc([N+](=O)[O-])cc3)n(CC)c12. The molecule has 3 aromatic rings. The van der Waals surface area contributed by atoms with Crippen LogP contribution in [-0.2, 0) is 13.0 Å². The smallest absolute Gasteiger partial charge is 0.279 e. The molecule has 0 fully saturated rings. The number of amides is 1. The summed E-state index contributed by atoms with van der Waals surface area (Å²) in [5, 5.41) is 10.7. The number of thiazole rings is 1. The Kier molecular flexibility index (Phi) is 4.76. The van der Waals surface area contributed by atoms with Crippen LogP contribution in [0.5, 0.6) is 0 Å². The molecule has 128 valence electrons. The van der Waals surface area contributed by atoms with Gasteiger partial charge in [0.25, 0.3) is 11.6 Å². The molecule has 1 aromatic heterocycles. The van der Waals surface area contributed by atoms with Crippen LogP contribution in [0.15, 0.2) is 47.5 Å². The van der Waals surface area contributed by atoms with E-state index in [1.807, 2.05) is 23.6 Å². The highest BCUT2D eigenvalue weighted by Crippen LogP contribution is 2.22. The quantitative estimate of drug-likeness (QED) is 0.525. The largest absolute Gasteiger partial charge is 0.316 e. The van der Waals surface area contributed by atoms with Gasteiger partial charge in [-0.15, -0.1) is 0 Å². The number of para-hydroxylation sites is 1. The number of nitro groups is 1. The normalized spacial score (nSPS) is 11.8. The number of non-ortho nitro benzene ring substituents is 1. The van der Waals surface area contributed by atoms with Crippen LogP contribution in [0.1, 0.15) is 29.8 Å². The molecule has 0 aliphatic heterocycles. The van der Waals surface area contributed by atoms with Crippen LogP contribution in [0.3, 0.4) is 0 Å². The molecule has 3 rings (SSSR count). The van der Waals surface area contributed by atoms with Crippen LogP contribution < -0.4 is 4.80 Å². The van der Waals surface area contributed by atoms with Crippen LogP contribution in [-0.4, -0.2) is 15.4 Å². The summed E-state index contributed by atoms with van der Waals surface area (Å²) in [6, 6.07) is 11.6. The first-order valence-corrected chi connectivity index (χ1v) is 8.81. The van der Waals surface area contributed by atoms with Crippen LogP contribution in [0.4, 0.5) is 5.69 Å². The van der Waals surface area contributed by atoms with Gasteiger partial charge in [-0.25, -0.2) is 0 Å². The van der Waals surface area contributed by atoms with Gasteiger partial charge in [-0.05, 0) is 37.1 Å². The van der Waals surface area contributed by atoms with Gasteiger partial charge in [0, 0.05) is 24.2 Å². The summed E-state index contributed by atoms with van der Waals surface area (Å²) in [6.45, 7) is 4.84.